The molecule has 0 aliphatic carbocycles. The number of rotatable bonds is 7. The van der Waals surface area contributed by atoms with Gasteiger partial charge in [0.15, 0.2) is 0 Å². The Balaban J connectivity index is 1.92. The van der Waals surface area contributed by atoms with E-state index in [0.717, 1.165) is 38.0 Å². The maximum Gasteiger partial charge on any atom is 0.137 e. The number of ether oxygens (including phenoxy) is 1. The molecule has 0 saturated carbocycles. The lowest BCUT2D eigenvalue weighted by molar-refractivity contribution is 0.0996. The summed E-state index contributed by atoms with van der Waals surface area (Å²) in [5, 5.41) is 3.50. The van der Waals surface area contributed by atoms with E-state index in [1.165, 1.54) is 18.9 Å². The van der Waals surface area contributed by atoms with Crippen LogP contribution >= 0.6 is 15.9 Å². The molecule has 1 heterocycles. The highest BCUT2D eigenvalue weighted by molar-refractivity contribution is 9.10. The predicted octanol–water partition coefficient (Wildman–Crippen LogP) is 4.07. The van der Waals surface area contributed by atoms with Crippen LogP contribution in [0.5, 0.6) is 0 Å². The van der Waals surface area contributed by atoms with Gasteiger partial charge in [-0.2, -0.15) is 0 Å². The van der Waals surface area contributed by atoms with Gasteiger partial charge in [-0.25, -0.2) is 4.39 Å². The third-order valence-electron chi connectivity index (χ3n) is 3.85. The summed E-state index contributed by atoms with van der Waals surface area (Å²) in [5.74, 6) is -0.183. The largest absolute Gasteiger partial charge is 0.378 e. The topological polar surface area (TPSA) is 21.3 Å². The average Bonchev–Trinajstić information content (AvgIpc) is 2.94. The lowest BCUT2D eigenvalue weighted by atomic mass is 9.99. The number of halogens is 2. The van der Waals surface area contributed by atoms with E-state index in [-0.39, 0.29) is 5.82 Å². The fraction of sp³-hybridized carbons (Fsp3) is 0.625. The van der Waals surface area contributed by atoms with Crippen molar-refractivity contribution in [3.63, 3.8) is 0 Å². The predicted molar refractivity (Wildman–Crippen MR) is 83.5 cm³/mol. The van der Waals surface area contributed by atoms with Gasteiger partial charge in [0.1, 0.15) is 5.82 Å². The first-order valence-corrected chi connectivity index (χ1v) is 8.28. The van der Waals surface area contributed by atoms with Gasteiger partial charge < -0.3 is 10.1 Å². The van der Waals surface area contributed by atoms with Gasteiger partial charge in [0, 0.05) is 12.6 Å². The first kappa shape index (κ1) is 15.9. The van der Waals surface area contributed by atoms with Gasteiger partial charge in [-0.15, -0.1) is 0 Å². The summed E-state index contributed by atoms with van der Waals surface area (Å²) in [7, 11) is 0. The Morgan fingerprint density at radius 1 is 1.50 bits per heavy atom. The maximum atomic E-state index is 13.6. The summed E-state index contributed by atoms with van der Waals surface area (Å²) in [6.07, 6.45) is 5.80. The maximum absolute atomic E-state index is 13.6. The van der Waals surface area contributed by atoms with Crippen molar-refractivity contribution < 1.29 is 9.13 Å². The van der Waals surface area contributed by atoms with Crippen LogP contribution in [0.4, 0.5) is 4.39 Å². The van der Waals surface area contributed by atoms with E-state index in [9.17, 15) is 4.39 Å². The molecular formula is C16H23BrFNO. The van der Waals surface area contributed by atoms with Crippen molar-refractivity contribution in [1.29, 1.82) is 0 Å². The van der Waals surface area contributed by atoms with Crippen molar-refractivity contribution in [1.82, 2.24) is 5.32 Å². The quantitative estimate of drug-likeness (QED) is 0.805. The number of hydrogen-bond acceptors (Lipinski definition) is 2. The molecule has 0 radical (unpaired) electrons. The zero-order valence-corrected chi connectivity index (χ0v) is 13.6. The van der Waals surface area contributed by atoms with E-state index in [0.29, 0.717) is 16.6 Å². The molecule has 112 valence electrons. The summed E-state index contributed by atoms with van der Waals surface area (Å²) >= 11 is 3.35. The number of hydrogen-bond donors (Lipinski definition) is 1. The zero-order valence-electron chi connectivity index (χ0n) is 12.0. The molecule has 2 atom stereocenters. The second kappa shape index (κ2) is 8.11. The van der Waals surface area contributed by atoms with Gasteiger partial charge in [0.25, 0.3) is 0 Å². The molecule has 1 aliphatic heterocycles. The van der Waals surface area contributed by atoms with Crippen molar-refractivity contribution >= 4 is 15.9 Å². The molecule has 20 heavy (non-hydrogen) atoms. The molecule has 0 amide bonds. The average molecular weight is 344 g/mol. The van der Waals surface area contributed by atoms with Crippen LogP contribution in [-0.2, 0) is 11.2 Å². The van der Waals surface area contributed by atoms with Gasteiger partial charge in [-0.05, 0) is 66.2 Å². The normalized spacial score (nSPS) is 20.2. The van der Waals surface area contributed by atoms with Crippen molar-refractivity contribution in [2.75, 3.05) is 13.2 Å². The van der Waals surface area contributed by atoms with Crippen LogP contribution < -0.4 is 5.32 Å². The third kappa shape index (κ3) is 4.54. The second-order valence-electron chi connectivity index (χ2n) is 5.38. The van der Waals surface area contributed by atoms with Crippen LogP contribution in [-0.4, -0.2) is 25.3 Å². The molecular weight excluding hydrogens is 321 g/mol. The Kier molecular flexibility index (Phi) is 6.46. The van der Waals surface area contributed by atoms with Crippen LogP contribution in [0.15, 0.2) is 22.7 Å². The zero-order chi connectivity index (χ0) is 14.4. The minimum absolute atomic E-state index is 0.183. The van der Waals surface area contributed by atoms with Gasteiger partial charge in [0.2, 0.25) is 0 Å². The van der Waals surface area contributed by atoms with Gasteiger partial charge in [-0.1, -0.05) is 19.1 Å². The molecule has 1 aromatic carbocycles. The summed E-state index contributed by atoms with van der Waals surface area (Å²) < 4.78 is 19.8. The fourth-order valence-corrected chi connectivity index (χ4v) is 3.22. The van der Waals surface area contributed by atoms with E-state index in [1.807, 2.05) is 6.07 Å². The summed E-state index contributed by atoms with van der Waals surface area (Å²) in [4.78, 5) is 0. The van der Waals surface area contributed by atoms with Crippen molar-refractivity contribution in [3.05, 3.63) is 34.1 Å². The second-order valence-corrected chi connectivity index (χ2v) is 6.18. The summed E-state index contributed by atoms with van der Waals surface area (Å²) in [6.45, 7) is 3.95. The van der Waals surface area contributed by atoms with Crippen molar-refractivity contribution in [2.24, 2.45) is 0 Å². The molecule has 4 heteroatoms. The highest BCUT2D eigenvalue weighted by Gasteiger charge is 2.18. The first-order chi connectivity index (χ1) is 9.70. The SMILES string of the molecule is CCNC(CCC1CCCO1)Cc1cccc(F)c1Br. The van der Waals surface area contributed by atoms with Crippen molar-refractivity contribution in [2.45, 2.75) is 51.2 Å². The third-order valence-corrected chi connectivity index (χ3v) is 4.74. The molecule has 2 rings (SSSR count). The standard InChI is InChI=1S/C16H23BrFNO/c1-2-19-13(8-9-14-6-4-10-20-14)11-12-5-3-7-15(18)16(12)17/h3,5,7,13-14,19H,2,4,6,8-11H2,1H3. The molecule has 1 fully saturated rings. The van der Waals surface area contributed by atoms with E-state index in [2.05, 4.69) is 28.2 Å². The molecule has 0 aromatic heterocycles. The Morgan fingerprint density at radius 3 is 3.05 bits per heavy atom. The van der Waals surface area contributed by atoms with Gasteiger partial charge in [0.05, 0.1) is 10.6 Å². The Hall–Kier alpha value is -0.450. The van der Waals surface area contributed by atoms with E-state index < -0.39 is 0 Å². The molecule has 0 spiro atoms. The van der Waals surface area contributed by atoms with Gasteiger partial charge >= 0.3 is 0 Å². The lowest BCUT2D eigenvalue weighted by Crippen LogP contribution is -2.32. The van der Waals surface area contributed by atoms with Gasteiger partial charge in [-0.3, -0.25) is 0 Å². The molecule has 1 saturated heterocycles. The van der Waals surface area contributed by atoms with Crippen LogP contribution in [0, 0.1) is 5.82 Å². The first-order valence-electron chi connectivity index (χ1n) is 7.48. The van der Waals surface area contributed by atoms with Crippen molar-refractivity contribution in [3.8, 4) is 0 Å². The minimum atomic E-state index is -0.183. The van der Waals surface area contributed by atoms with Crippen LogP contribution in [0.1, 0.15) is 38.2 Å². The summed E-state index contributed by atoms with van der Waals surface area (Å²) in [5.41, 5.74) is 1.03. The van der Waals surface area contributed by atoms with E-state index in [1.54, 1.807) is 6.07 Å². The van der Waals surface area contributed by atoms with Crippen LogP contribution in [0.2, 0.25) is 0 Å². The molecule has 0 bridgehead atoms. The molecule has 1 aliphatic rings. The Morgan fingerprint density at radius 2 is 2.35 bits per heavy atom. The highest BCUT2D eigenvalue weighted by atomic mass is 79.9. The van der Waals surface area contributed by atoms with E-state index >= 15 is 0 Å². The monoisotopic (exact) mass is 343 g/mol. The van der Waals surface area contributed by atoms with E-state index in [4.69, 9.17) is 4.74 Å². The minimum Gasteiger partial charge on any atom is -0.378 e. The highest BCUT2D eigenvalue weighted by Crippen LogP contribution is 2.24. The van der Waals surface area contributed by atoms with Crippen LogP contribution in [0.25, 0.3) is 0 Å². The number of likely N-dealkylation sites (N-methyl/N-ethyl adjacent to an activating group) is 1. The summed E-state index contributed by atoms with van der Waals surface area (Å²) in [6, 6.07) is 5.63. The smallest absolute Gasteiger partial charge is 0.137 e. The van der Waals surface area contributed by atoms with Crippen LogP contribution in [0.3, 0.4) is 0 Å². The molecule has 2 nitrogen and oxygen atoms in total. The lowest BCUT2D eigenvalue weighted by Gasteiger charge is -2.20. The molecule has 1 N–H and O–H groups in total. The fourth-order valence-electron chi connectivity index (χ4n) is 2.80. The number of nitrogens with one attached hydrogen (secondary N) is 1. The Bertz CT molecular complexity index is 421. The Labute approximate surface area is 129 Å². The molecule has 2 unspecified atom stereocenters. The number of benzene rings is 1. The molecule has 1 aromatic rings.